The van der Waals surface area contributed by atoms with Crippen molar-refractivity contribution >= 4 is 23.4 Å². The molecular formula is C19H17ClN6S. The Bertz CT molecular complexity index is 1050. The third kappa shape index (κ3) is 3.84. The molecule has 0 unspecified atom stereocenters. The fourth-order valence-electron chi connectivity index (χ4n) is 2.60. The van der Waals surface area contributed by atoms with Crippen LogP contribution in [0.5, 0.6) is 0 Å². The zero-order valence-electron chi connectivity index (χ0n) is 14.6. The van der Waals surface area contributed by atoms with E-state index >= 15 is 0 Å². The lowest BCUT2D eigenvalue weighted by atomic mass is 10.1. The first-order valence-electron chi connectivity index (χ1n) is 8.31. The molecule has 0 radical (unpaired) electrons. The lowest BCUT2D eigenvalue weighted by Crippen LogP contribution is -2.11. The predicted octanol–water partition coefficient (Wildman–Crippen LogP) is 4.30. The van der Waals surface area contributed by atoms with Gasteiger partial charge in [-0.25, -0.2) is 4.68 Å². The van der Waals surface area contributed by atoms with Crippen LogP contribution in [0.15, 0.2) is 59.8 Å². The topological polar surface area (TPSA) is 85.4 Å². The van der Waals surface area contributed by atoms with E-state index in [4.69, 9.17) is 17.4 Å². The fourth-order valence-corrected chi connectivity index (χ4v) is 3.53. The van der Waals surface area contributed by atoms with Gasteiger partial charge in [0, 0.05) is 16.3 Å². The number of H-pyrrole nitrogens is 1. The molecule has 0 aliphatic carbocycles. The zero-order chi connectivity index (χ0) is 18.8. The number of benzene rings is 2. The minimum Gasteiger partial charge on any atom is -0.335 e. The molecule has 0 spiro atoms. The van der Waals surface area contributed by atoms with Crippen molar-refractivity contribution in [3.63, 3.8) is 0 Å². The van der Waals surface area contributed by atoms with Gasteiger partial charge in [0.25, 0.3) is 0 Å². The Balaban J connectivity index is 1.52. The molecular weight excluding hydrogens is 380 g/mol. The fraction of sp³-hybridized carbons (Fsp3) is 0.105. The van der Waals surface area contributed by atoms with E-state index in [-0.39, 0.29) is 0 Å². The molecule has 0 saturated heterocycles. The molecule has 2 aromatic carbocycles. The van der Waals surface area contributed by atoms with E-state index in [0.717, 1.165) is 17.0 Å². The van der Waals surface area contributed by atoms with Crippen LogP contribution in [-0.2, 0) is 5.75 Å². The quantitative estimate of drug-likeness (QED) is 0.388. The van der Waals surface area contributed by atoms with Crippen molar-refractivity contribution < 1.29 is 0 Å². The number of hydrogen-bond acceptors (Lipinski definition) is 5. The highest BCUT2D eigenvalue weighted by molar-refractivity contribution is 7.98. The largest absolute Gasteiger partial charge is 0.335 e. The molecule has 0 fully saturated rings. The number of nitrogens with one attached hydrogen (secondary N) is 1. The Morgan fingerprint density at radius 1 is 1.07 bits per heavy atom. The highest BCUT2D eigenvalue weighted by atomic mass is 35.5. The summed E-state index contributed by atoms with van der Waals surface area (Å²) < 4.78 is 1.48. The molecule has 0 aliphatic heterocycles. The summed E-state index contributed by atoms with van der Waals surface area (Å²) in [5, 5.41) is 17.1. The molecule has 4 aromatic rings. The number of aryl methyl sites for hydroxylation is 1. The van der Waals surface area contributed by atoms with E-state index in [1.165, 1.54) is 15.8 Å². The average molecular weight is 397 g/mol. The summed E-state index contributed by atoms with van der Waals surface area (Å²) in [6.45, 7) is 2.07. The lowest BCUT2D eigenvalue weighted by Gasteiger charge is -2.03. The van der Waals surface area contributed by atoms with E-state index < -0.39 is 0 Å². The van der Waals surface area contributed by atoms with Crippen molar-refractivity contribution in [3.8, 4) is 22.8 Å². The van der Waals surface area contributed by atoms with Gasteiger partial charge in [-0.2, -0.15) is 5.10 Å². The maximum Gasteiger partial charge on any atom is 0.210 e. The molecule has 2 heterocycles. The summed E-state index contributed by atoms with van der Waals surface area (Å²) in [4.78, 5) is 0. The molecule has 0 atom stereocenters. The molecule has 136 valence electrons. The summed E-state index contributed by atoms with van der Waals surface area (Å²) in [6, 6.07) is 17.8. The summed E-state index contributed by atoms with van der Waals surface area (Å²) in [5.74, 6) is 7.51. The number of rotatable bonds is 5. The molecule has 6 nitrogen and oxygen atoms in total. The summed E-state index contributed by atoms with van der Waals surface area (Å²) >= 11 is 7.48. The summed E-state index contributed by atoms with van der Waals surface area (Å²) in [6.07, 6.45) is 0. The minimum absolute atomic E-state index is 0.536. The first-order chi connectivity index (χ1) is 13.1. The van der Waals surface area contributed by atoms with Gasteiger partial charge in [-0.1, -0.05) is 65.3 Å². The number of hydrogen-bond donors (Lipinski definition) is 2. The van der Waals surface area contributed by atoms with Crippen LogP contribution in [0.4, 0.5) is 0 Å². The second-order valence-electron chi connectivity index (χ2n) is 6.12. The van der Waals surface area contributed by atoms with Crippen molar-refractivity contribution in [2.75, 3.05) is 5.84 Å². The van der Waals surface area contributed by atoms with Crippen LogP contribution in [0.2, 0.25) is 5.02 Å². The molecule has 2 aromatic heterocycles. The van der Waals surface area contributed by atoms with Gasteiger partial charge in [0.05, 0.1) is 5.69 Å². The van der Waals surface area contributed by atoms with Crippen molar-refractivity contribution in [2.24, 2.45) is 0 Å². The van der Waals surface area contributed by atoms with Crippen molar-refractivity contribution in [2.45, 2.75) is 17.8 Å². The molecule has 8 heteroatoms. The number of thioether (sulfide) groups is 1. The Kier molecular flexibility index (Phi) is 4.87. The van der Waals surface area contributed by atoms with Gasteiger partial charge >= 0.3 is 0 Å². The number of nitrogens with zero attached hydrogens (tertiary/aromatic N) is 4. The smallest absolute Gasteiger partial charge is 0.210 e. The van der Waals surface area contributed by atoms with E-state index in [1.807, 2.05) is 30.3 Å². The molecule has 3 N–H and O–H groups in total. The van der Waals surface area contributed by atoms with Crippen LogP contribution < -0.4 is 5.84 Å². The van der Waals surface area contributed by atoms with Crippen LogP contribution >= 0.6 is 23.4 Å². The SMILES string of the molecule is Cc1ccc(CSc2nnc(-c3cc(-c4ccc(Cl)cc4)n[nH]3)n2N)cc1. The van der Waals surface area contributed by atoms with E-state index in [9.17, 15) is 0 Å². The summed E-state index contributed by atoms with van der Waals surface area (Å²) in [5.41, 5.74) is 4.90. The van der Waals surface area contributed by atoms with Crippen LogP contribution in [-0.4, -0.2) is 25.1 Å². The third-order valence-electron chi connectivity index (χ3n) is 4.11. The second kappa shape index (κ2) is 7.46. The van der Waals surface area contributed by atoms with Gasteiger partial charge in [-0.05, 0) is 30.7 Å². The maximum absolute atomic E-state index is 6.20. The molecule has 27 heavy (non-hydrogen) atoms. The van der Waals surface area contributed by atoms with Crippen molar-refractivity contribution in [1.82, 2.24) is 25.1 Å². The number of aromatic amines is 1. The molecule has 0 aliphatic rings. The highest BCUT2D eigenvalue weighted by Gasteiger charge is 2.15. The zero-order valence-corrected chi connectivity index (χ0v) is 16.1. The Hall–Kier alpha value is -2.77. The lowest BCUT2D eigenvalue weighted by molar-refractivity contribution is 0.847. The van der Waals surface area contributed by atoms with Gasteiger partial charge in [0.2, 0.25) is 11.0 Å². The summed E-state index contributed by atoms with van der Waals surface area (Å²) in [7, 11) is 0. The van der Waals surface area contributed by atoms with Gasteiger partial charge in [0.15, 0.2) is 0 Å². The first kappa shape index (κ1) is 17.6. The predicted molar refractivity (Wildman–Crippen MR) is 109 cm³/mol. The van der Waals surface area contributed by atoms with E-state index in [1.54, 1.807) is 11.8 Å². The van der Waals surface area contributed by atoms with Crippen LogP contribution in [0.25, 0.3) is 22.8 Å². The van der Waals surface area contributed by atoms with Gasteiger partial charge in [0.1, 0.15) is 5.69 Å². The molecule has 0 saturated carbocycles. The van der Waals surface area contributed by atoms with Crippen molar-refractivity contribution in [1.29, 1.82) is 0 Å². The number of halogens is 1. The second-order valence-corrected chi connectivity index (χ2v) is 7.50. The standard InChI is InChI=1S/C19H17ClN6S/c1-12-2-4-13(5-3-12)11-27-19-25-24-18(26(19)21)17-10-16(22-23-17)14-6-8-15(20)9-7-14/h2-10H,11,21H2,1H3,(H,22,23). The van der Waals surface area contributed by atoms with Crippen molar-refractivity contribution in [3.05, 3.63) is 70.7 Å². The molecule has 4 rings (SSSR count). The Labute approximate surface area is 165 Å². The van der Waals surface area contributed by atoms with Gasteiger partial charge in [-0.3, -0.25) is 5.10 Å². The number of aromatic nitrogens is 5. The van der Waals surface area contributed by atoms with Crippen LogP contribution in [0.3, 0.4) is 0 Å². The number of nitrogens with two attached hydrogens (primary N) is 1. The minimum atomic E-state index is 0.536. The van der Waals surface area contributed by atoms with Gasteiger partial charge < -0.3 is 5.84 Å². The van der Waals surface area contributed by atoms with E-state index in [2.05, 4.69) is 51.6 Å². The van der Waals surface area contributed by atoms with Crippen LogP contribution in [0, 0.1) is 6.92 Å². The third-order valence-corrected chi connectivity index (χ3v) is 5.38. The Morgan fingerprint density at radius 3 is 2.56 bits per heavy atom. The number of nitrogen functional groups attached to an aromatic ring is 1. The van der Waals surface area contributed by atoms with E-state index in [0.29, 0.717) is 21.7 Å². The first-order valence-corrected chi connectivity index (χ1v) is 9.67. The maximum atomic E-state index is 6.20. The highest BCUT2D eigenvalue weighted by Crippen LogP contribution is 2.26. The average Bonchev–Trinajstić information content (AvgIpc) is 3.29. The van der Waals surface area contributed by atoms with Crippen LogP contribution in [0.1, 0.15) is 11.1 Å². The molecule has 0 bridgehead atoms. The molecule has 0 amide bonds. The Morgan fingerprint density at radius 2 is 1.81 bits per heavy atom. The van der Waals surface area contributed by atoms with Gasteiger partial charge in [-0.15, -0.1) is 10.2 Å². The monoisotopic (exact) mass is 396 g/mol. The normalized spacial score (nSPS) is 11.0.